The molecule has 0 fully saturated rings. The number of rotatable bonds is 16. The first-order valence-corrected chi connectivity index (χ1v) is 15.8. The van der Waals surface area contributed by atoms with E-state index in [2.05, 4.69) is 39.7 Å². The van der Waals surface area contributed by atoms with Gasteiger partial charge in [0.1, 0.15) is 17.7 Å². The molecule has 0 spiro atoms. The van der Waals surface area contributed by atoms with Crippen LogP contribution >= 0.6 is 0 Å². The van der Waals surface area contributed by atoms with Crippen molar-refractivity contribution in [3.8, 4) is 0 Å². The van der Waals surface area contributed by atoms with E-state index in [1.165, 1.54) is 0 Å². The molecule has 0 aliphatic carbocycles. The van der Waals surface area contributed by atoms with Gasteiger partial charge in [-0.1, -0.05) is 62.4 Å². The predicted molar refractivity (Wildman–Crippen MR) is 176 cm³/mol. The Morgan fingerprint density at radius 3 is 2.18 bits per heavy atom. The van der Waals surface area contributed by atoms with Crippen molar-refractivity contribution < 1.29 is 19.1 Å². The summed E-state index contributed by atoms with van der Waals surface area (Å²) in [5, 5.41) is 9.55. The van der Waals surface area contributed by atoms with Crippen molar-refractivity contribution in [1.82, 2.24) is 20.5 Å². The highest BCUT2D eigenvalue weighted by Crippen LogP contribution is 2.17. The fourth-order valence-electron chi connectivity index (χ4n) is 5.07. The van der Waals surface area contributed by atoms with Crippen LogP contribution in [0.2, 0.25) is 0 Å². The van der Waals surface area contributed by atoms with Crippen molar-refractivity contribution in [1.29, 1.82) is 0 Å². The second kappa shape index (κ2) is 17.3. The van der Waals surface area contributed by atoms with Gasteiger partial charge in [-0.05, 0) is 96.6 Å². The molecular formula is C35H49N5O4. The average Bonchev–Trinajstić information content (AvgIpc) is 2.98. The first-order valence-electron chi connectivity index (χ1n) is 15.8. The van der Waals surface area contributed by atoms with Gasteiger partial charge in [0.05, 0.1) is 17.4 Å². The van der Waals surface area contributed by atoms with Gasteiger partial charge in [0.2, 0.25) is 11.8 Å². The Labute approximate surface area is 262 Å². The summed E-state index contributed by atoms with van der Waals surface area (Å²) in [6.07, 6.45) is 5.13. The average molecular weight is 604 g/mol. The molecule has 9 nitrogen and oxygen atoms in total. The topological polar surface area (TPSA) is 113 Å². The Morgan fingerprint density at radius 2 is 1.50 bits per heavy atom. The molecule has 238 valence electrons. The van der Waals surface area contributed by atoms with E-state index in [-0.39, 0.29) is 5.91 Å². The number of carbonyl (C=O) groups is 3. The van der Waals surface area contributed by atoms with Crippen molar-refractivity contribution >= 4 is 34.5 Å². The number of para-hydroxylation sites is 1. The van der Waals surface area contributed by atoms with Crippen LogP contribution in [0.25, 0.3) is 10.9 Å². The highest BCUT2D eigenvalue weighted by molar-refractivity contribution is 5.99. The number of nitrogens with zero attached hydrogens (tertiary/aromatic N) is 2. The fraction of sp³-hybridized carbons (Fsp3) is 0.486. The molecule has 0 radical (unpaired) electrons. The Balaban J connectivity index is 1.77. The van der Waals surface area contributed by atoms with Gasteiger partial charge in [-0.15, -0.1) is 0 Å². The third-order valence-electron chi connectivity index (χ3n) is 7.11. The molecule has 3 aromatic rings. The standard InChI is InChI=1S/C35H49N5O4/c1-6-21-40(22-7-2)23-13-18-30(39-34(43)44-35(3,4)5)33(42)38-31(20-19-26-14-9-8-10-15-26)32(41)37-28-24-27-16-11-12-17-29(27)36-25-28/h8-12,14-17,24-25,30-31H,6-7,13,18-23H2,1-5H3,(H,37,41)(H,38,42)(H,39,43). The van der Waals surface area contributed by atoms with E-state index >= 15 is 0 Å². The molecule has 1 aromatic heterocycles. The number of nitrogens with one attached hydrogen (secondary N) is 3. The molecule has 0 aliphatic rings. The number of pyridine rings is 1. The number of benzene rings is 2. The number of fused-ring (bicyclic) bond motifs is 1. The molecular weight excluding hydrogens is 554 g/mol. The first-order chi connectivity index (χ1) is 21.1. The zero-order valence-corrected chi connectivity index (χ0v) is 26.9. The van der Waals surface area contributed by atoms with Crippen LogP contribution in [-0.4, -0.2) is 65.1 Å². The van der Waals surface area contributed by atoms with Gasteiger partial charge < -0.3 is 25.6 Å². The molecule has 0 saturated heterocycles. The monoisotopic (exact) mass is 603 g/mol. The van der Waals surface area contributed by atoms with Gasteiger partial charge in [-0.3, -0.25) is 14.6 Å². The number of aromatic nitrogens is 1. The highest BCUT2D eigenvalue weighted by atomic mass is 16.6. The maximum atomic E-state index is 13.7. The van der Waals surface area contributed by atoms with Crippen molar-refractivity contribution in [3.63, 3.8) is 0 Å². The SMILES string of the molecule is CCCN(CCC)CCCC(NC(=O)OC(C)(C)C)C(=O)NC(CCc1ccccc1)C(=O)Nc1cnc2ccccc2c1. The molecule has 0 bridgehead atoms. The third kappa shape index (κ3) is 12.0. The van der Waals surface area contributed by atoms with Crippen LogP contribution < -0.4 is 16.0 Å². The highest BCUT2D eigenvalue weighted by Gasteiger charge is 2.28. The molecule has 2 atom stereocenters. The van der Waals surface area contributed by atoms with E-state index in [1.807, 2.05) is 60.7 Å². The maximum Gasteiger partial charge on any atom is 0.408 e. The number of amides is 3. The van der Waals surface area contributed by atoms with E-state index in [9.17, 15) is 14.4 Å². The molecule has 9 heteroatoms. The number of aryl methyl sites for hydroxylation is 1. The minimum atomic E-state index is -0.857. The largest absolute Gasteiger partial charge is 0.444 e. The van der Waals surface area contributed by atoms with Crippen LogP contribution in [-0.2, 0) is 20.7 Å². The summed E-state index contributed by atoms with van der Waals surface area (Å²) >= 11 is 0. The lowest BCUT2D eigenvalue weighted by Crippen LogP contribution is -2.53. The van der Waals surface area contributed by atoms with E-state index < -0.39 is 29.7 Å². The van der Waals surface area contributed by atoms with E-state index in [0.717, 1.165) is 48.9 Å². The minimum absolute atomic E-state index is 0.348. The lowest BCUT2D eigenvalue weighted by atomic mass is 10.0. The summed E-state index contributed by atoms with van der Waals surface area (Å²) in [7, 11) is 0. The van der Waals surface area contributed by atoms with Crippen LogP contribution in [0.3, 0.4) is 0 Å². The third-order valence-corrected chi connectivity index (χ3v) is 7.11. The zero-order valence-electron chi connectivity index (χ0n) is 26.9. The summed E-state index contributed by atoms with van der Waals surface area (Å²) in [4.78, 5) is 46.9. The maximum absolute atomic E-state index is 13.7. The molecule has 1 heterocycles. The van der Waals surface area contributed by atoms with E-state index in [4.69, 9.17) is 4.74 Å². The molecule has 0 aliphatic heterocycles. The summed E-state index contributed by atoms with van der Waals surface area (Å²) in [5.74, 6) is -0.766. The molecule has 3 amide bonds. The molecule has 2 aromatic carbocycles. The van der Waals surface area contributed by atoms with Gasteiger partial charge in [0.25, 0.3) is 0 Å². The molecule has 44 heavy (non-hydrogen) atoms. The van der Waals surface area contributed by atoms with Gasteiger partial charge in [-0.25, -0.2) is 4.79 Å². The second-order valence-electron chi connectivity index (χ2n) is 12.2. The molecule has 3 rings (SSSR count). The quantitative estimate of drug-likeness (QED) is 0.183. The Bertz CT molecular complexity index is 1340. The summed E-state index contributed by atoms with van der Waals surface area (Å²) < 4.78 is 5.47. The number of anilines is 1. The fourth-order valence-corrected chi connectivity index (χ4v) is 5.07. The number of hydrogen-bond donors (Lipinski definition) is 3. The van der Waals surface area contributed by atoms with Gasteiger partial charge >= 0.3 is 6.09 Å². The van der Waals surface area contributed by atoms with Gasteiger partial charge in [0.15, 0.2) is 0 Å². The van der Waals surface area contributed by atoms with Crippen molar-refractivity contribution in [2.24, 2.45) is 0 Å². The molecule has 2 unspecified atom stereocenters. The van der Waals surface area contributed by atoms with Crippen molar-refractivity contribution in [3.05, 3.63) is 72.4 Å². The summed E-state index contributed by atoms with van der Waals surface area (Å²) in [6.45, 7) is 12.4. The number of ether oxygens (including phenoxy) is 1. The zero-order chi connectivity index (χ0) is 32.0. The molecule has 3 N–H and O–H groups in total. The van der Waals surface area contributed by atoms with E-state index in [1.54, 1.807) is 27.0 Å². The number of hydrogen-bond acceptors (Lipinski definition) is 6. The second-order valence-corrected chi connectivity index (χ2v) is 12.2. The minimum Gasteiger partial charge on any atom is -0.444 e. The van der Waals surface area contributed by atoms with Crippen LogP contribution in [0.1, 0.15) is 72.3 Å². The Morgan fingerprint density at radius 1 is 0.841 bits per heavy atom. The van der Waals surface area contributed by atoms with Crippen LogP contribution in [0.4, 0.5) is 10.5 Å². The van der Waals surface area contributed by atoms with Crippen molar-refractivity contribution in [2.75, 3.05) is 25.0 Å². The normalized spacial score (nSPS) is 12.9. The summed E-state index contributed by atoms with van der Waals surface area (Å²) in [5.41, 5.74) is 1.72. The van der Waals surface area contributed by atoms with Crippen LogP contribution in [0.15, 0.2) is 66.9 Å². The number of carbonyl (C=O) groups excluding carboxylic acids is 3. The van der Waals surface area contributed by atoms with Crippen molar-refractivity contribution in [2.45, 2.75) is 90.8 Å². The smallest absolute Gasteiger partial charge is 0.408 e. The lowest BCUT2D eigenvalue weighted by Gasteiger charge is -2.26. The Kier molecular flexibility index (Phi) is 13.6. The van der Waals surface area contributed by atoms with Gasteiger partial charge in [-0.2, -0.15) is 0 Å². The van der Waals surface area contributed by atoms with Crippen LogP contribution in [0.5, 0.6) is 0 Å². The van der Waals surface area contributed by atoms with Gasteiger partial charge in [0, 0.05) is 5.39 Å². The lowest BCUT2D eigenvalue weighted by molar-refractivity contribution is -0.128. The summed E-state index contributed by atoms with van der Waals surface area (Å²) in [6, 6.07) is 17.7. The van der Waals surface area contributed by atoms with Crippen LogP contribution in [0, 0.1) is 0 Å². The number of alkyl carbamates (subject to hydrolysis) is 1. The van der Waals surface area contributed by atoms with E-state index in [0.29, 0.717) is 31.4 Å². The Hall–Kier alpha value is -3.98. The first kappa shape index (κ1) is 34.5. The molecule has 0 saturated carbocycles. The predicted octanol–water partition coefficient (Wildman–Crippen LogP) is 6.09.